The molecule has 3 rings (SSSR count). The number of carbonyl (C=O) groups is 1. The number of anilines is 1. The molecule has 136 valence electrons. The van der Waals surface area contributed by atoms with Gasteiger partial charge in [-0.1, -0.05) is 12.1 Å². The number of nitrogens with zero attached hydrogens (tertiary/aromatic N) is 4. The number of aliphatic hydroxyl groups is 1. The van der Waals surface area contributed by atoms with Crippen LogP contribution in [0, 0.1) is 0 Å². The van der Waals surface area contributed by atoms with Crippen molar-refractivity contribution in [2.45, 2.75) is 20.0 Å². The number of aromatic nitrogens is 4. The Morgan fingerprint density at radius 2 is 2.15 bits per heavy atom. The third-order valence-corrected chi connectivity index (χ3v) is 3.71. The first-order valence-electron chi connectivity index (χ1n) is 8.17. The highest BCUT2D eigenvalue weighted by molar-refractivity contribution is 5.92. The van der Waals surface area contributed by atoms with E-state index in [1.807, 2.05) is 13.0 Å². The molecule has 2 N–H and O–H groups in total. The van der Waals surface area contributed by atoms with Gasteiger partial charge in [-0.05, 0) is 19.1 Å². The highest BCUT2D eigenvalue weighted by Crippen LogP contribution is 2.23. The molecule has 0 fully saturated rings. The summed E-state index contributed by atoms with van der Waals surface area (Å²) in [6.45, 7) is 2.28. The number of fused-ring (bicyclic) bond motifs is 1. The average Bonchev–Trinajstić information content (AvgIpc) is 3.03. The Morgan fingerprint density at radius 1 is 1.35 bits per heavy atom. The van der Waals surface area contributed by atoms with Crippen LogP contribution in [0.2, 0.25) is 0 Å². The van der Waals surface area contributed by atoms with Crippen LogP contribution in [0.25, 0.3) is 11.0 Å². The van der Waals surface area contributed by atoms with Gasteiger partial charge in [0.05, 0.1) is 31.6 Å². The molecule has 0 saturated carbocycles. The summed E-state index contributed by atoms with van der Waals surface area (Å²) in [5, 5.41) is 16.1. The fourth-order valence-electron chi connectivity index (χ4n) is 2.56. The van der Waals surface area contributed by atoms with Gasteiger partial charge in [-0.3, -0.25) is 14.2 Å². The molecular formula is C17H19N5O4. The topological polar surface area (TPSA) is 111 Å². The molecule has 9 nitrogen and oxygen atoms in total. The minimum absolute atomic E-state index is 0.108. The number of para-hydroxylation sites is 2. The maximum atomic E-state index is 12.5. The second kappa shape index (κ2) is 7.79. The zero-order valence-corrected chi connectivity index (χ0v) is 14.3. The van der Waals surface area contributed by atoms with Gasteiger partial charge in [0.25, 0.3) is 5.56 Å². The number of nitrogens with one attached hydrogen (secondary N) is 1. The number of hydrogen-bond donors (Lipinski definition) is 2. The number of carbonyl (C=O) groups excluding carboxylic acids is 1. The van der Waals surface area contributed by atoms with Gasteiger partial charge >= 0.3 is 0 Å². The Bertz CT molecular complexity index is 979. The van der Waals surface area contributed by atoms with Gasteiger partial charge in [0.1, 0.15) is 24.0 Å². The van der Waals surface area contributed by atoms with Gasteiger partial charge in [-0.25, -0.2) is 9.67 Å². The zero-order chi connectivity index (χ0) is 18.5. The molecule has 0 bridgehead atoms. The number of benzene rings is 1. The van der Waals surface area contributed by atoms with Gasteiger partial charge in [0.15, 0.2) is 5.65 Å². The summed E-state index contributed by atoms with van der Waals surface area (Å²) in [6.07, 6.45) is 2.69. The lowest BCUT2D eigenvalue weighted by molar-refractivity contribution is -0.116. The van der Waals surface area contributed by atoms with Crippen molar-refractivity contribution in [1.29, 1.82) is 0 Å². The van der Waals surface area contributed by atoms with E-state index in [0.29, 0.717) is 29.1 Å². The van der Waals surface area contributed by atoms with Gasteiger partial charge in [-0.2, -0.15) is 5.10 Å². The van der Waals surface area contributed by atoms with Gasteiger partial charge in [0, 0.05) is 0 Å². The smallest absolute Gasteiger partial charge is 0.264 e. The van der Waals surface area contributed by atoms with E-state index in [-0.39, 0.29) is 31.2 Å². The number of amides is 1. The number of hydrogen-bond acceptors (Lipinski definition) is 6. The molecule has 1 aromatic carbocycles. The minimum atomic E-state index is -0.372. The Kier molecular flexibility index (Phi) is 5.28. The first-order valence-corrected chi connectivity index (χ1v) is 8.17. The van der Waals surface area contributed by atoms with E-state index in [2.05, 4.69) is 15.4 Å². The highest BCUT2D eigenvalue weighted by Gasteiger charge is 2.13. The normalized spacial score (nSPS) is 10.8. The monoisotopic (exact) mass is 357 g/mol. The number of aliphatic hydroxyl groups excluding tert-OH is 1. The zero-order valence-electron chi connectivity index (χ0n) is 14.3. The van der Waals surface area contributed by atoms with Gasteiger partial charge < -0.3 is 15.2 Å². The van der Waals surface area contributed by atoms with Crippen LogP contribution in [0.15, 0.2) is 41.6 Å². The van der Waals surface area contributed by atoms with E-state index < -0.39 is 0 Å². The minimum Gasteiger partial charge on any atom is -0.492 e. The Morgan fingerprint density at radius 3 is 2.92 bits per heavy atom. The van der Waals surface area contributed by atoms with E-state index in [0.717, 1.165) is 0 Å². The summed E-state index contributed by atoms with van der Waals surface area (Å²) >= 11 is 0. The lowest BCUT2D eigenvalue weighted by atomic mass is 10.3. The third-order valence-electron chi connectivity index (χ3n) is 3.71. The van der Waals surface area contributed by atoms with Crippen LogP contribution in [-0.2, 0) is 17.9 Å². The Hall–Kier alpha value is -3.20. The fraction of sp³-hybridized carbons (Fsp3) is 0.294. The molecule has 0 aliphatic heterocycles. The lowest BCUT2D eigenvalue weighted by Gasteiger charge is -2.11. The maximum absolute atomic E-state index is 12.5. The van der Waals surface area contributed by atoms with Crippen LogP contribution >= 0.6 is 0 Å². The van der Waals surface area contributed by atoms with Crippen LogP contribution in [0.1, 0.15) is 6.92 Å². The molecule has 0 radical (unpaired) electrons. The van der Waals surface area contributed by atoms with Crippen LogP contribution in [0.4, 0.5) is 5.69 Å². The summed E-state index contributed by atoms with van der Waals surface area (Å²) in [6, 6.07) is 7.08. The summed E-state index contributed by atoms with van der Waals surface area (Å²) in [5.41, 5.74) is 0.548. The first kappa shape index (κ1) is 17.6. The van der Waals surface area contributed by atoms with E-state index in [1.54, 1.807) is 18.2 Å². The molecule has 0 spiro atoms. The van der Waals surface area contributed by atoms with Crippen molar-refractivity contribution in [3.63, 3.8) is 0 Å². The molecule has 26 heavy (non-hydrogen) atoms. The summed E-state index contributed by atoms with van der Waals surface area (Å²) in [7, 11) is 0. The molecular weight excluding hydrogens is 338 g/mol. The fourth-order valence-corrected chi connectivity index (χ4v) is 2.56. The number of rotatable bonds is 7. The van der Waals surface area contributed by atoms with Crippen molar-refractivity contribution in [2.24, 2.45) is 0 Å². The van der Waals surface area contributed by atoms with E-state index in [1.165, 1.54) is 21.8 Å². The van der Waals surface area contributed by atoms with Crippen LogP contribution in [-0.4, -0.2) is 43.6 Å². The lowest BCUT2D eigenvalue weighted by Crippen LogP contribution is -2.28. The van der Waals surface area contributed by atoms with Gasteiger partial charge in [-0.15, -0.1) is 0 Å². The molecule has 3 aromatic rings. The SMILES string of the molecule is CCOc1ccccc1NC(=O)Cn1cnc2c(cnn2CCO)c1=O. The molecule has 0 unspecified atom stereocenters. The average molecular weight is 357 g/mol. The molecule has 0 atom stereocenters. The number of ether oxygens (including phenoxy) is 1. The molecule has 0 aliphatic carbocycles. The molecule has 1 amide bonds. The van der Waals surface area contributed by atoms with E-state index >= 15 is 0 Å². The highest BCUT2D eigenvalue weighted by atomic mass is 16.5. The molecule has 2 heterocycles. The van der Waals surface area contributed by atoms with Crippen molar-refractivity contribution in [3.8, 4) is 5.75 Å². The third kappa shape index (κ3) is 3.57. The van der Waals surface area contributed by atoms with Crippen LogP contribution in [0.5, 0.6) is 5.75 Å². The summed E-state index contributed by atoms with van der Waals surface area (Å²) < 4.78 is 8.13. The second-order valence-electron chi connectivity index (χ2n) is 5.48. The largest absolute Gasteiger partial charge is 0.492 e. The molecule has 9 heteroatoms. The quantitative estimate of drug-likeness (QED) is 0.641. The second-order valence-corrected chi connectivity index (χ2v) is 5.48. The summed E-state index contributed by atoms with van der Waals surface area (Å²) in [5.74, 6) is 0.192. The van der Waals surface area contributed by atoms with E-state index in [4.69, 9.17) is 9.84 Å². The van der Waals surface area contributed by atoms with Crippen molar-refractivity contribution in [1.82, 2.24) is 19.3 Å². The summed E-state index contributed by atoms with van der Waals surface area (Å²) in [4.78, 5) is 29.0. The van der Waals surface area contributed by atoms with Crippen molar-refractivity contribution in [3.05, 3.63) is 47.1 Å². The predicted octanol–water partition coefficient (Wildman–Crippen LogP) is 0.623. The van der Waals surface area contributed by atoms with Crippen molar-refractivity contribution in [2.75, 3.05) is 18.5 Å². The van der Waals surface area contributed by atoms with Crippen molar-refractivity contribution >= 4 is 22.6 Å². The standard InChI is InChI=1S/C17H19N5O4/c1-2-26-14-6-4-3-5-13(14)20-15(24)10-21-11-18-16-12(17(21)25)9-19-22(16)7-8-23/h3-6,9,11,23H,2,7-8,10H2,1H3,(H,20,24). The van der Waals surface area contributed by atoms with Gasteiger partial charge in [0.2, 0.25) is 5.91 Å². The van der Waals surface area contributed by atoms with Crippen molar-refractivity contribution < 1.29 is 14.6 Å². The molecule has 0 aliphatic rings. The maximum Gasteiger partial charge on any atom is 0.264 e. The molecule has 0 saturated heterocycles. The van der Waals surface area contributed by atoms with E-state index in [9.17, 15) is 9.59 Å². The van der Waals surface area contributed by atoms with Crippen LogP contribution in [0.3, 0.4) is 0 Å². The Balaban J connectivity index is 1.80. The predicted molar refractivity (Wildman–Crippen MR) is 95.1 cm³/mol. The molecule has 2 aromatic heterocycles. The Labute approximate surface area is 148 Å². The first-order chi connectivity index (χ1) is 12.6. The van der Waals surface area contributed by atoms with Crippen LogP contribution < -0.4 is 15.6 Å².